The minimum atomic E-state index is -3.12. The molecule has 0 saturated carbocycles. The van der Waals surface area contributed by atoms with Crippen LogP contribution in [0.2, 0.25) is 0 Å². The minimum absolute atomic E-state index is 0.290. The predicted octanol–water partition coefficient (Wildman–Crippen LogP) is 1.38. The van der Waals surface area contributed by atoms with Crippen LogP contribution < -0.4 is 16.0 Å². The first-order valence-corrected chi connectivity index (χ1v) is 8.34. The molecule has 1 amide bonds. The highest BCUT2D eigenvalue weighted by molar-refractivity contribution is 5.87. The number of alkyl halides is 2. The highest BCUT2D eigenvalue weighted by Crippen LogP contribution is 2.32. The van der Waals surface area contributed by atoms with Gasteiger partial charge in [0.05, 0.1) is 18.0 Å². The Balaban J connectivity index is 1.80. The Morgan fingerprint density at radius 1 is 1.44 bits per heavy atom. The van der Waals surface area contributed by atoms with Gasteiger partial charge in [-0.15, -0.1) is 0 Å². The summed E-state index contributed by atoms with van der Waals surface area (Å²) in [5.74, 6) is -3.58. The molecule has 3 N–H and O–H groups in total. The van der Waals surface area contributed by atoms with Gasteiger partial charge in [0.15, 0.2) is 0 Å². The minimum Gasteiger partial charge on any atom is -0.486 e. The van der Waals surface area contributed by atoms with Crippen molar-refractivity contribution in [1.82, 2.24) is 9.88 Å². The van der Waals surface area contributed by atoms with Crippen LogP contribution in [0.4, 0.5) is 8.78 Å². The first-order chi connectivity index (χ1) is 12.7. The molecule has 2 heterocycles. The summed E-state index contributed by atoms with van der Waals surface area (Å²) < 4.78 is 32.9. The van der Waals surface area contributed by atoms with E-state index in [0.29, 0.717) is 16.5 Å². The SMILES string of the molecule is CC(Oc1c[nH]c(=O)c2ccccc12)C(N)C(=O)N1CC(F)(F)CC1C#N. The van der Waals surface area contributed by atoms with Crippen molar-refractivity contribution in [2.45, 2.75) is 37.5 Å². The third kappa shape index (κ3) is 3.61. The summed E-state index contributed by atoms with van der Waals surface area (Å²) in [5.41, 5.74) is 5.64. The molecule has 1 aliphatic heterocycles. The molecule has 3 rings (SSSR count). The number of pyridine rings is 1. The first-order valence-electron chi connectivity index (χ1n) is 8.34. The van der Waals surface area contributed by atoms with Crippen molar-refractivity contribution in [2.24, 2.45) is 5.73 Å². The molecule has 1 aromatic heterocycles. The molecular weight excluding hydrogens is 358 g/mol. The molecule has 0 radical (unpaired) electrons. The third-order valence-corrected chi connectivity index (χ3v) is 4.58. The number of likely N-dealkylation sites (tertiary alicyclic amines) is 1. The molecule has 3 atom stereocenters. The number of fused-ring (bicyclic) bond motifs is 1. The fourth-order valence-electron chi connectivity index (χ4n) is 3.11. The van der Waals surface area contributed by atoms with E-state index in [1.165, 1.54) is 13.1 Å². The fourth-order valence-corrected chi connectivity index (χ4v) is 3.11. The van der Waals surface area contributed by atoms with Crippen molar-refractivity contribution >= 4 is 16.7 Å². The quantitative estimate of drug-likeness (QED) is 0.837. The van der Waals surface area contributed by atoms with Gasteiger partial charge in [-0.1, -0.05) is 18.2 Å². The number of benzene rings is 1. The van der Waals surface area contributed by atoms with Crippen LogP contribution in [0.1, 0.15) is 13.3 Å². The standard InChI is InChI=1S/C18H18F2N4O3/c1-10(15(22)17(26)24-9-18(19,20)6-11(24)7-21)27-14-8-23-16(25)13-5-3-2-4-12(13)14/h2-5,8,10-11,15H,6,9,22H2,1H3,(H,23,25). The monoisotopic (exact) mass is 376 g/mol. The number of halogens is 2. The van der Waals surface area contributed by atoms with Gasteiger partial charge in [-0.2, -0.15) is 5.26 Å². The molecule has 27 heavy (non-hydrogen) atoms. The Morgan fingerprint density at radius 2 is 2.11 bits per heavy atom. The number of nitrogens with one attached hydrogen (secondary N) is 1. The number of hydrogen-bond donors (Lipinski definition) is 2. The lowest BCUT2D eigenvalue weighted by Crippen LogP contribution is -2.52. The van der Waals surface area contributed by atoms with Gasteiger partial charge in [-0.25, -0.2) is 8.78 Å². The van der Waals surface area contributed by atoms with E-state index in [4.69, 9.17) is 15.7 Å². The fraction of sp³-hybridized carbons (Fsp3) is 0.389. The number of aromatic nitrogens is 1. The Bertz CT molecular complexity index is 969. The van der Waals surface area contributed by atoms with Crippen molar-refractivity contribution in [3.8, 4) is 11.8 Å². The molecule has 0 bridgehead atoms. The molecule has 0 aliphatic carbocycles. The molecule has 1 aromatic carbocycles. The van der Waals surface area contributed by atoms with E-state index in [0.717, 1.165) is 4.90 Å². The Kier molecular flexibility index (Phi) is 4.85. The molecule has 1 fully saturated rings. The number of nitrogens with zero attached hydrogens (tertiary/aromatic N) is 2. The summed E-state index contributed by atoms with van der Waals surface area (Å²) in [6.07, 6.45) is -0.220. The van der Waals surface area contributed by atoms with Gasteiger partial charge in [0.2, 0.25) is 5.91 Å². The van der Waals surface area contributed by atoms with Crippen LogP contribution in [0.3, 0.4) is 0 Å². The number of aromatic amines is 1. The zero-order chi connectivity index (χ0) is 19.8. The lowest BCUT2D eigenvalue weighted by atomic mass is 10.1. The van der Waals surface area contributed by atoms with Gasteiger partial charge in [0, 0.05) is 18.0 Å². The normalized spacial score (nSPS) is 20.9. The van der Waals surface area contributed by atoms with Gasteiger partial charge in [-0.3, -0.25) is 9.59 Å². The van der Waals surface area contributed by atoms with Crippen molar-refractivity contribution in [3.05, 3.63) is 40.8 Å². The summed E-state index contributed by atoms with van der Waals surface area (Å²) in [5, 5.41) is 9.98. The Labute approximate surface area is 153 Å². The number of carbonyl (C=O) groups excluding carboxylic acids is 1. The smallest absolute Gasteiger partial charge is 0.268 e. The maximum absolute atomic E-state index is 13.6. The van der Waals surface area contributed by atoms with Crippen LogP contribution in [-0.2, 0) is 4.79 Å². The maximum Gasteiger partial charge on any atom is 0.268 e. The van der Waals surface area contributed by atoms with Gasteiger partial charge in [-0.05, 0) is 13.0 Å². The second kappa shape index (κ2) is 6.96. The molecule has 9 heteroatoms. The number of nitriles is 1. The van der Waals surface area contributed by atoms with Gasteiger partial charge in [0.1, 0.15) is 23.9 Å². The number of hydrogen-bond acceptors (Lipinski definition) is 5. The van der Waals surface area contributed by atoms with E-state index in [2.05, 4.69) is 4.98 Å². The lowest BCUT2D eigenvalue weighted by molar-refractivity contribution is -0.135. The van der Waals surface area contributed by atoms with Crippen LogP contribution >= 0.6 is 0 Å². The van der Waals surface area contributed by atoms with Crippen molar-refractivity contribution < 1.29 is 18.3 Å². The molecule has 142 valence electrons. The average Bonchev–Trinajstić information content (AvgIpc) is 2.97. The predicted molar refractivity (Wildman–Crippen MR) is 93.3 cm³/mol. The van der Waals surface area contributed by atoms with E-state index in [1.54, 1.807) is 30.3 Å². The summed E-state index contributed by atoms with van der Waals surface area (Å²) in [7, 11) is 0. The third-order valence-electron chi connectivity index (χ3n) is 4.58. The van der Waals surface area contributed by atoms with E-state index >= 15 is 0 Å². The summed E-state index contributed by atoms with van der Waals surface area (Å²) in [4.78, 5) is 27.7. The Morgan fingerprint density at radius 3 is 2.78 bits per heavy atom. The zero-order valence-electron chi connectivity index (χ0n) is 14.5. The topological polar surface area (TPSA) is 112 Å². The molecular formula is C18H18F2N4O3. The number of rotatable bonds is 4. The second-order valence-electron chi connectivity index (χ2n) is 6.55. The van der Waals surface area contributed by atoms with Gasteiger partial charge >= 0.3 is 0 Å². The van der Waals surface area contributed by atoms with Crippen LogP contribution in [0.15, 0.2) is 35.3 Å². The van der Waals surface area contributed by atoms with E-state index in [9.17, 15) is 18.4 Å². The van der Waals surface area contributed by atoms with Crippen molar-refractivity contribution in [1.29, 1.82) is 5.26 Å². The highest BCUT2D eigenvalue weighted by Gasteiger charge is 2.48. The number of carbonyl (C=O) groups is 1. The lowest BCUT2D eigenvalue weighted by Gasteiger charge is -2.27. The zero-order valence-corrected chi connectivity index (χ0v) is 14.5. The molecule has 1 saturated heterocycles. The van der Waals surface area contributed by atoms with Gasteiger partial charge in [0.25, 0.3) is 11.5 Å². The molecule has 1 aliphatic rings. The number of ether oxygens (including phenoxy) is 1. The molecule has 3 unspecified atom stereocenters. The Hall–Kier alpha value is -2.99. The summed E-state index contributed by atoms with van der Waals surface area (Å²) in [6, 6.07) is 5.99. The first kappa shape index (κ1) is 18.8. The maximum atomic E-state index is 13.6. The molecule has 2 aromatic rings. The van der Waals surface area contributed by atoms with Crippen LogP contribution in [0.5, 0.6) is 5.75 Å². The van der Waals surface area contributed by atoms with Crippen molar-refractivity contribution in [2.75, 3.05) is 6.54 Å². The summed E-state index contributed by atoms with van der Waals surface area (Å²) in [6.45, 7) is 0.685. The average molecular weight is 376 g/mol. The van der Waals surface area contributed by atoms with E-state index in [1.807, 2.05) is 0 Å². The van der Waals surface area contributed by atoms with Crippen LogP contribution in [0.25, 0.3) is 10.8 Å². The second-order valence-corrected chi connectivity index (χ2v) is 6.55. The molecule has 7 nitrogen and oxygen atoms in total. The number of amides is 1. The summed E-state index contributed by atoms with van der Waals surface area (Å²) >= 11 is 0. The number of nitrogens with two attached hydrogens (primary N) is 1. The van der Waals surface area contributed by atoms with Crippen LogP contribution in [0, 0.1) is 11.3 Å². The molecule has 0 spiro atoms. The number of H-pyrrole nitrogens is 1. The highest BCUT2D eigenvalue weighted by atomic mass is 19.3. The van der Waals surface area contributed by atoms with Crippen molar-refractivity contribution in [3.63, 3.8) is 0 Å². The van der Waals surface area contributed by atoms with Gasteiger partial charge < -0.3 is 20.4 Å². The van der Waals surface area contributed by atoms with E-state index < -0.39 is 43.0 Å². The van der Waals surface area contributed by atoms with E-state index in [-0.39, 0.29) is 5.56 Å². The largest absolute Gasteiger partial charge is 0.486 e. The van der Waals surface area contributed by atoms with Crippen LogP contribution in [-0.4, -0.2) is 46.4 Å².